The highest BCUT2D eigenvalue weighted by Crippen LogP contribution is 2.27. The van der Waals surface area contributed by atoms with Crippen LogP contribution in [0, 0.1) is 5.92 Å². The fraction of sp³-hybridized carbons (Fsp3) is 0.583. The van der Waals surface area contributed by atoms with Crippen molar-refractivity contribution in [2.45, 2.75) is 38.1 Å². The normalized spacial score (nSPS) is 18.6. The zero-order chi connectivity index (χ0) is 12.1. The first kappa shape index (κ1) is 11.8. The molecule has 2 rings (SSSR count). The first-order valence-corrected chi connectivity index (χ1v) is 6.03. The van der Waals surface area contributed by atoms with Crippen molar-refractivity contribution in [1.29, 1.82) is 0 Å². The molecule has 1 aromatic heterocycles. The average molecular weight is 235 g/mol. The van der Waals surface area contributed by atoms with E-state index in [0.717, 1.165) is 25.7 Å². The van der Waals surface area contributed by atoms with E-state index < -0.39 is 12.0 Å². The van der Waals surface area contributed by atoms with Crippen molar-refractivity contribution in [2.24, 2.45) is 5.92 Å². The summed E-state index contributed by atoms with van der Waals surface area (Å²) in [6.45, 7) is 0. The lowest BCUT2D eigenvalue weighted by Crippen LogP contribution is -2.38. The van der Waals surface area contributed by atoms with Crippen LogP contribution in [0.5, 0.6) is 0 Å². The van der Waals surface area contributed by atoms with E-state index >= 15 is 0 Å². The molecule has 0 saturated heterocycles. The van der Waals surface area contributed by atoms with Crippen LogP contribution in [0.15, 0.2) is 18.6 Å². The van der Waals surface area contributed by atoms with Gasteiger partial charge < -0.3 is 10.4 Å². The Labute approximate surface area is 100 Å². The molecule has 0 amide bonds. The Hall–Kier alpha value is -1.65. The SMILES string of the molecule is O=C(O)C(Nc1cnccn1)C1CCCCC1. The van der Waals surface area contributed by atoms with E-state index in [4.69, 9.17) is 0 Å². The molecule has 0 aliphatic heterocycles. The number of anilines is 1. The van der Waals surface area contributed by atoms with Crippen LogP contribution in [0.3, 0.4) is 0 Å². The molecule has 17 heavy (non-hydrogen) atoms. The summed E-state index contributed by atoms with van der Waals surface area (Å²) in [5.41, 5.74) is 0. The number of nitrogens with zero attached hydrogens (tertiary/aromatic N) is 2. The highest BCUT2D eigenvalue weighted by Gasteiger charge is 2.29. The first-order valence-electron chi connectivity index (χ1n) is 6.03. The van der Waals surface area contributed by atoms with E-state index in [0.29, 0.717) is 5.82 Å². The highest BCUT2D eigenvalue weighted by atomic mass is 16.4. The Morgan fingerprint density at radius 1 is 1.35 bits per heavy atom. The van der Waals surface area contributed by atoms with Crippen LogP contribution in [0.1, 0.15) is 32.1 Å². The number of carbonyl (C=O) groups is 1. The predicted octanol–water partition coefficient (Wildman–Crippen LogP) is 1.92. The van der Waals surface area contributed by atoms with Crippen LogP contribution in [0.2, 0.25) is 0 Å². The standard InChI is InChI=1S/C12H17N3O2/c16-12(17)11(9-4-2-1-3-5-9)15-10-8-13-6-7-14-10/h6-9,11H,1-5H2,(H,14,15)(H,16,17). The molecule has 5 heteroatoms. The monoisotopic (exact) mass is 235 g/mol. The second-order valence-electron chi connectivity index (χ2n) is 4.45. The Morgan fingerprint density at radius 2 is 2.12 bits per heavy atom. The van der Waals surface area contributed by atoms with Crippen molar-refractivity contribution in [3.8, 4) is 0 Å². The number of nitrogens with one attached hydrogen (secondary N) is 1. The summed E-state index contributed by atoms with van der Waals surface area (Å²) >= 11 is 0. The molecule has 1 saturated carbocycles. The van der Waals surface area contributed by atoms with Gasteiger partial charge in [-0.15, -0.1) is 0 Å². The maximum Gasteiger partial charge on any atom is 0.326 e. The van der Waals surface area contributed by atoms with Gasteiger partial charge >= 0.3 is 5.97 Å². The van der Waals surface area contributed by atoms with Gasteiger partial charge in [-0.25, -0.2) is 9.78 Å². The molecular weight excluding hydrogens is 218 g/mol. The van der Waals surface area contributed by atoms with Gasteiger partial charge in [0.15, 0.2) is 0 Å². The smallest absolute Gasteiger partial charge is 0.326 e. The summed E-state index contributed by atoms with van der Waals surface area (Å²) in [6, 6.07) is -0.549. The summed E-state index contributed by atoms with van der Waals surface area (Å²) in [4.78, 5) is 19.3. The molecule has 0 spiro atoms. The van der Waals surface area contributed by atoms with Crippen molar-refractivity contribution in [3.63, 3.8) is 0 Å². The number of carboxylic acid groups (broad SMARTS) is 1. The number of hydrogen-bond acceptors (Lipinski definition) is 4. The summed E-state index contributed by atoms with van der Waals surface area (Å²) in [5.74, 6) is -0.0729. The molecule has 5 nitrogen and oxygen atoms in total. The third-order valence-corrected chi connectivity index (χ3v) is 3.25. The van der Waals surface area contributed by atoms with E-state index in [1.807, 2.05) is 0 Å². The number of aromatic nitrogens is 2. The van der Waals surface area contributed by atoms with Crippen molar-refractivity contribution in [2.75, 3.05) is 5.32 Å². The quantitative estimate of drug-likeness (QED) is 0.834. The van der Waals surface area contributed by atoms with Gasteiger partial charge in [0.2, 0.25) is 0 Å². The predicted molar refractivity (Wildman–Crippen MR) is 63.7 cm³/mol. The number of hydrogen-bond donors (Lipinski definition) is 2. The van der Waals surface area contributed by atoms with Gasteiger partial charge in [0.05, 0.1) is 6.20 Å². The largest absolute Gasteiger partial charge is 0.480 e. The Bertz CT molecular complexity index is 363. The van der Waals surface area contributed by atoms with Gasteiger partial charge in [-0.1, -0.05) is 19.3 Å². The van der Waals surface area contributed by atoms with Crippen LogP contribution >= 0.6 is 0 Å². The topological polar surface area (TPSA) is 75.1 Å². The molecule has 1 atom stereocenters. The first-order chi connectivity index (χ1) is 8.27. The second-order valence-corrected chi connectivity index (χ2v) is 4.45. The van der Waals surface area contributed by atoms with Gasteiger partial charge in [-0.2, -0.15) is 0 Å². The fourth-order valence-electron chi connectivity index (χ4n) is 2.38. The van der Waals surface area contributed by atoms with E-state index in [-0.39, 0.29) is 5.92 Å². The molecule has 1 fully saturated rings. The molecule has 0 aromatic carbocycles. The lowest BCUT2D eigenvalue weighted by atomic mass is 9.84. The Kier molecular flexibility index (Phi) is 3.90. The van der Waals surface area contributed by atoms with Gasteiger partial charge in [0.25, 0.3) is 0 Å². The van der Waals surface area contributed by atoms with E-state index in [9.17, 15) is 9.90 Å². The second kappa shape index (κ2) is 5.61. The van der Waals surface area contributed by atoms with Crippen LogP contribution in [-0.2, 0) is 4.79 Å². The van der Waals surface area contributed by atoms with Crippen molar-refractivity contribution >= 4 is 11.8 Å². The van der Waals surface area contributed by atoms with Crippen molar-refractivity contribution in [1.82, 2.24) is 9.97 Å². The van der Waals surface area contributed by atoms with E-state index in [2.05, 4.69) is 15.3 Å². The highest BCUT2D eigenvalue weighted by molar-refractivity contribution is 5.77. The van der Waals surface area contributed by atoms with Crippen LogP contribution in [0.25, 0.3) is 0 Å². The molecule has 0 radical (unpaired) electrons. The molecule has 1 aromatic rings. The molecule has 1 aliphatic rings. The summed E-state index contributed by atoms with van der Waals surface area (Å²) < 4.78 is 0. The minimum absolute atomic E-state index is 0.197. The van der Waals surface area contributed by atoms with Crippen molar-refractivity contribution in [3.05, 3.63) is 18.6 Å². The number of rotatable bonds is 4. The van der Waals surface area contributed by atoms with Gasteiger partial charge in [-0.05, 0) is 18.8 Å². The van der Waals surface area contributed by atoms with Crippen LogP contribution in [-0.4, -0.2) is 27.1 Å². The van der Waals surface area contributed by atoms with Gasteiger partial charge in [-0.3, -0.25) is 4.98 Å². The minimum atomic E-state index is -0.803. The molecule has 0 bridgehead atoms. The van der Waals surface area contributed by atoms with E-state index in [1.54, 1.807) is 18.6 Å². The lowest BCUT2D eigenvalue weighted by Gasteiger charge is -2.28. The maximum absolute atomic E-state index is 11.3. The molecule has 92 valence electrons. The average Bonchev–Trinajstić information content (AvgIpc) is 2.38. The Morgan fingerprint density at radius 3 is 2.71 bits per heavy atom. The van der Waals surface area contributed by atoms with Crippen LogP contribution < -0.4 is 5.32 Å². The van der Waals surface area contributed by atoms with Crippen LogP contribution in [0.4, 0.5) is 5.82 Å². The third-order valence-electron chi connectivity index (χ3n) is 3.25. The molecular formula is C12H17N3O2. The third kappa shape index (κ3) is 3.15. The summed E-state index contributed by atoms with van der Waals surface area (Å²) in [7, 11) is 0. The van der Waals surface area contributed by atoms with Crippen molar-refractivity contribution < 1.29 is 9.90 Å². The summed E-state index contributed by atoms with van der Waals surface area (Å²) in [5, 5.41) is 12.3. The molecule has 1 unspecified atom stereocenters. The maximum atomic E-state index is 11.3. The fourth-order valence-corrected chi connectivity index (χ4v) is 2.38. The van der Waals surface area contributed by atoms with Gasteiger partial charge in [0.1, 0.15) is 11.9 Å². The van der Waals surface area contributed by atoms with Gasteiger partial charge in [0, 0.05) is 12.4 Å². The molecule has 1 aliphatic carbocycles. The molecule has 2 N–H and O–H groups in total. The zero-order valence-electron chi connectivity index (χ0n) is 9.67. The lowest BCUT2D eigenvalue weighted by molar-refractivity contribution is -0.139. The summed E-state index contributed by atoms with van der Waals surface area (Å²) in [6.07, 6.45) is 10.1. The Balaban J connectivity index is 2.04. The zero-order valence-corrected chi connectivity index (χ0v) is 9.67. The number of aliphatic carboxylic acids is 1. The van der Waals surface area contributed by atoms with E-state index in [1.165, 1.54) is 6.42 Å². The molecule has 1 heterocycles. The number of carboxylic acids is 1. The minimum Gasteiger partial charge on any atom is -0.480 e.